The summed E-state index contributed by atoms with van der Waals surface area (Å²) in [7, 11) is 0. The smallest absolute Gasteiger partial charge is 0.416 e. The Morgan fingerprint density at radius 3 is 2.70 bits per heavy atom. The molecule has 0 radical (unpaired) electrons. The summed E-state index contributed by atoms with van der Waals surface area (Å²) in [4.78, 5) is 16.9. The summed E-state index contributed by atoms with van der Waals surface area (Å²) >= 11 is 0. The lowest BCUT2D eigenvalue weighted by Gasteiger charge is -2.29. The maximum absolute atomic E-state index is 13.5. The van der Waals surface area contributed by atoms with Crippen molar-refractivity contribution in [3.63, 3.8) is 0 Å². The normalized spacial score (nSPS) is 22.3. The van der Waals surface area contributed by atoms with Crippen molar-refractivity contribution in [2.75, 3.05) is 0 Å². The first-order valence-corrected chi connectivity index (χ1v) is 9.38. The first-order chi connectivity index (χ1) is 14.2. The number of nitrogens with two attached hydrogens (primary N) is 2. The Balaban J connectivity index is 2.12. The SMILES string of the molecule is C=C/C=C\C(=C(/C)c1ccc(C2C3=C(CCCC3=O)N=C(N)/C2=C\N)o1)C(F)(F)F. The van der Waals surface area contributed by atoms with E-state index in [0.717, 1.165) is 6.08 Å². The highest BCUT2D eigenvalue weighted by Crippen LogP contribution is 2.43. The molecule has 0 saturated heterocycles. The molecule has 158 valence electrons. The van der Waals surface area contributed by atoms with E-state index >= 15 is 0 Å². The number of rotatable bonds is 4. The number of nitrogens with zero attached hydrogens (tertiary/aromatic N) is 1. The average Bonchev–Trinajstić information content (AvgIpc) is 3.16. The Morgan fingerprint density at radius 1 is 1.33 bits per heavy atom. The number of carbonyl (C=O) groups excluding carboxylic acids is 1. The molecule has 1 aromatic rings. The van der Waals surface area contributed by atoms with E-state index in [1.54, 1.807) is 6.07 Å². The highest BCUT2D eigenvalue weighted by atomic mass is 19.4. The van der Waals surface area contributed by atoms with Crippen molar-refractivity contribution < 1.29 is 22.4 Å². The van der Waals surface area contributed by atoms with E-state index < -0.39 is 17.7 Å². The van der Waals surface area contributed by atoms with Gasteiger partial charge in [0.15, 0.2) is 5.78 Å². The largest absolute Gasteiger partial charge is 0.460 e. The van der Waals surface area contributed by atoms with Crippen LogP contribution in [0, 0.1) is 0 Å². The van der Waals surface area contributed by atoms with Crippen molar-refractivity contribution in [2.24, 2.45) is 16.5 Å². The van der Waals surface area contributed by atoms with Gasteiger partial charge in [-0.2, -0.15) is 13.2 Å². The van der Waals surface area contributed by atoms with E-state index in [0.29, 0.717) is 36.1 Å². The summed E-state index contributed by atoms with van der Waals surface area (Å²) in [6, 6.07) is 2.99. The second-order valence-electron chi connectivity index (χ2n) is 7.02. The molecule has 1 aliphatic heterocycles. The number of Topliss-reactive ketones (excluding diaryl/α,β-unsaturated/α-hetero) is 1. The summed E-state index contributed by atoms with van der Waals surface area (Å²) in [5.74, 6) is -0.294. The fraction of sp³-hybridized carbons (Fsp3) is 0.273. The Labute approximate surface area is 172 Å². The Morgan fingerprint density at radius 2 is 2.07 bits per heavy atom. The van der Waals surface area contributed by atoms with Crippen LogP contribution >= 0.6 is 0 Å². The minimum absolute atomic E-state index is 0.0360. The van der Waals surface area contributed by atoms with E-state index in [9.17, 15) is 18.0 Å². The summed E-state index contributed by atoms with van der Waals surface area (Å²) < 4.78 is 46.3. The van der Waals surface area contributed by atoms with Gasteiger partial charge >= 0.3 is 6.18 Å². The maximum Gasteiger partial charge on any atom is 0.416 e. The van der Waals surface area contributed by atoms with Crippen molar-refractivity contribution in [2.45, 2.75) is 38.3 Å². The molecule has 0 fully saturated rings. The Kier molecular flexibility index (Phi) is 5.87. The molecule has 8 heteroatoms. The van der Waals surface area contributed by atoms with Gasteiger partial charge in [0.1, 0.15) is 17.4 Å². The van der Waals surface area contributed by atoms with Crippen LogP contribution < -0.4 is 11.5 Å². The fourth-order valence-corrected chi connectivity index (χ4v) is 3.72. The van der Waals surface area contributed by atoms with Crippen LogP contribution in [-0.4, -0.2) is 17.8 Å². The van der Waals surface area contributed by atoms with Gasteiger partial charge in [-0.25, -0.2) is 4.99 Å². The standard InChI is InChI=1S/C22H22F3N3O2/c1-3-4-6-14(22(23,24)25)12(2)17-9-10-18(30-17)19-13(11-26)21(27)28-15-7-5-8-16(29)20(15)19/h3-4,6,9-11,19H,1,5,7-8,26H2,2H3,(H2,27,28)/b6-4-,13-11-,14-12-. The molecule has 3 rings (SSSR count). The predicted octanol–water partition coefficient (Wildman–Crippen LogP) is 4.66. The number of aliphatic imine (C=N–C) groups is 1. The number of alkyl halides is 3. The zero-order chi connectivity index (χ0) is 22.1. The van der Waals surface area contributed by atoms with E-state index in [4.69, 9.17) is 15.9 Å². The van der Waals surface area contributed by atoms with Crippen LogP contribution in [0.5, 0.6) is 0 Å². The second-order valence-corrected chi connectivity index (χ2v) is 7.02. The highest BCUT2D eigenvalue weighted by Gasteiger charge is 2.38. The summed E-state index contributed by atoms with van der Waals surface area (Å²) in [5.41, 5.74) is 12.3. The predicted molar refractivity (Wildman–Crippen MR) is 109 cm³/mol. The molecule has 4 N–H and O–H groups in total. The van der Waals surface area contributed by atoms with Crippen molar-refractivity contribution in [1.29, 1.82) is 0 Å². The number of carbonyl (C=O) groups is 1. The molecule has 2 heterocycles. The Hall–Kier alpha value is -3.29. The number of ketones is 1. The quantitative estimate of drug-likeness (QED) is 0.697. The fourth-order valence-electron chi connectivity index (χ4n) is 3.72. The molecule has 1 unspecified atom stereocenters. The lowest BCUT2D eigenvalue weighted by molar-refractivity contribution is -0.116. The van der Waals surface area contributed by atoms with E-state index in [1.165, 1.54) is 31.3 Å². The van der Waals surface area contributed by atoms with Gasteiger partial charge in [0.25, 0.3) is 0 Å². The number of allylic oxidation sites excluding steroid dienone is 7. The van der Waals surface area contributed by atoms with Gasteiger partial charge in [0.05, 0.1) is 17.2 Å². The molecule has 0 aromatic carbocycles. The summed E-state index contributed by atoms with van der Waals surface area (Å²) in [6.07, 6.45) is 1.71. The number of halogens is 3. The van der Waals surface area contributed by atoms with Crippen molar-refractivity contribution in [3.05, 3.63) is 77.1 Å². The first kappa shape index (κ1) is 21.4. The summed E-state index contributed by atoms with van der Waals surface area (Å²) in [6.45, 7) is 4.73. The molecule has 5 nitrogen and oxygen atoms in total. The molecule has 0 amide bonds. The van der Waals surface area contributed by atoms with Crippen LogP contribution in [0.25, 0.3) is 5.57 Å². The molecule has 2 aliphatic rings. The Bertz CT molecular complexity index is 1040. The monoisotopic (exact) mass is 417 g/mol. The van der Waals surface area contributed by atoms with Crippen LogP contribution in [0.2, 0.25) is 0 Å². The molecule has 1 aliphatic carbocycles. The van der Waals surface area contributed by atoms with Crippen LogP contribution in [0.4, 0.5) is 13.2 Å². The first-order valence-electron chi connectivity index (χ1n) is 9.38. The lowest BCUT2D eigenvalue weighted by Crippen LogP contribution is -2.30. The van der Waals surface area contributed by atoms with Crippen molar-refractivity contribution >= 4 is 17.2 Å². The summed E-state index contributed by atoms with van der Waals surface area (Å²) in [5, 5.41) is 0. The minimum Gasteiger partial charge on any atom is -0.460 e. The van der Waals surface area contributed by atoms with Crippen LogP contribution in [0.3, 0.4) is 0 Å². The highest BCUT2D eigenvalue weighted by molar-refractivity contribution is 6.08. The van der Waals surface area contributed by atoms with E-state index in [1.807, 2.05) is 0 Å². The van der Waals surface area contributed by atoms with Gasteiger partial charge in [-0.15, -0.1) is 0 Å². The molecule has 0 bridgehead atoms. The zero-order valence-electron chi connectivity index (χ0n) is 16.4. The van der Waals surface area contributed by atoms with Gasteiger partial charge in [0, 0.05) is 29.3 Å². The second kappa shape index (κ2) is 8.22. The van der Waals surface area contributed by atoms with Gasteiger partial charge in [-0.3, -0.25) is 4.79 Å². The van der Waals surface area contributed by atoms with Gasteiger partial charge in [0.2, 0.25) is 0 Å². The minimum atomic E-state index is -4.57. The average molecular weight is 417 g/mol. The van der Waals surface area contributed by atoms with Crippen LogP contribution in [-0.2, 0) is 4.79 Å². The topological polar surface area (TPSA) is 94.6 Å². The van der Waals surface area contributed by atoms with Crippen LogP contribution in [0.1, 0.15) is 43.6 Å². The number of amidine groups is 1. The van der Waals surface area contributed by atoms with Crippen molar-refractivity contribution in [1.82, 2.24) is 0 Å². The molecule has 30 heavy (non-hydrogen) atoms. The third-order valence-corrected chi connectivity index (χ3v) is 5.15. The van der Waals surface area contributed by atoms with Gasteiger partial charge < -0.3 is 15.9 Å². The number of furan rings is 1. The van der Waals surface area contributed by atoms with E-state index in [2.05, 4.69) is 11.6 Å². The molecule has 0 spiro atoms. The van der Waals surface area contributed by atoms with Crippen molar-refractivity contribution in [3.8, 4) is 0 Å². The van der Waals surface area contributed by atoms with Gasteiger partial charge in [-0.1, -0.05) is 18.7 Å². The molecular weight excluding hydrogens is 395 g/mol. The molecular formula is C22H22F3N3O2. The van der Waals surface area contributed by atoms with Crippen LogP contribution in [0.15, 0.2) is 75.0 Å². The molecule has 0 saturated carbocycles. The molecule has 1 atom stereocenters. The zero-order valence-corrected chi connectivity index (χ0v) is 16.4. The third kappa shape index (κ3) is 3.90. The maximum atomic E-state index is 13.5. The van der Waals surface area contributed by atoms with Gasteiger partial charge in [-0.05, 0) is 38.0 Å². The lowest BCUT2D eigenvalue weighted by atomic mass is 9.78. The molecule has 1 aromatic heterocycles. The third-order valence-electron chi connectivity index (χ3n) is 5.15. The van der Waals surface area contributed by atoms with E-state index in [-0.39, 0.29) is 28.7 Å². The number of hydrogen-bond acceptors (Lipinski definition) is 5. The number of hydrogen-bond donors (Lipinski definition) is 2.